The van der Waals surface area contributed by atoms with Crippen molar-refractivity contribution in [1.29, 1.82) is 0 Å². The molecule has 0 bridgehead atoms. The van der Waals surface area contributed by atoms with E-state index in [1.807, 2.05) is 0 Å². The van der Waals surface area contributed by atoms with Crippen LogP contribution in [0.15, 0.2) is 47.1 Å². The van der Waals surface area contributed by atoms with Crippen molar-refractivity contribution in [3.05, 3.63) is 63.3 Å². The van der Waals surface area contributed by atoms with E-state index in [2.05, 4.69) is 4.99 Å². The first kappa shape index (κ1) is 16.6. The number of fused-ring (bicyclic) bond motifs is 1. The molecule has 2 aliphatic heterocycles. The summed E-state index contributed by atoms with van der Waals surface area (Å²) in [6, 6.07) is 9.53. The summed E-state index contributed by atoms with van der Waals surface area (Å²) in [4.78, 5) is 27.1. The van der Waals surface area contributed by atoms with Crippen LogP contribution in [0.25, 0.3) is 6.08 Å². The average molecular weight is 368 g/mol. The van der Waals surface area contributed by atoms with Gasteiger partial charge in [-0.2, -0.15) is 0 Å². The van der Waals surface area contributed by atoms with Crippen molar-refractivity contribution in [2.45, 2.75) is 0 Å². The Morgan fingerprint density at radius 1 is 1.22 bits per heavy atom. The number of nitro benzene ring substituents is 1. The molecule has 4 rings (SSSR count). The van der Waals surface area contributed by atoms with Gasteiger partial charge >= 0.3 is 5.97 Å². The highest BCUT2D eigenvalue weighted by Crippen LogP contribution is 2.39. The molecule has 136 valence electrons. The predicted molar refractivity (Wildman–Crippen MR) is 92.8 cm³/mol. The SMILES string of the molecule is COc1cccc(C2=N/C(=C/c3cc4c(cc3[N+](=O)[O-])OCO4)C(=O)O2)c1. The molecule has 0 N–H and O–H groups in total. The topological polar surface area (TPSA) is 109 Å². The number of benzene rings is 2. The fraction of sp³-hybridized carbons (Fsp3) is 0.111. The van der Waals surface area contributed by atoms with Crippen LogP contribution in [0.3, 0.4) is 0 Å². The van der Waals surface area contributed by atoms with E-state index >= 15 is 0 Å². The van der Waals surface area contributed by atoms with Gasteiger partial charge in [0.1, 0.15) is 5.75 Å². The summed E-state index contributed by atoms with van der Waals surface area (Å²) in [6.45, 7) is -0.0211. The molecule has 27 heavy (non-hydrogen) atoms. The van der Waals surface area contributed by atoms with Crippen molar-refractivity contribution in [2.24, 2.45) is 4.99 Å². The highest BCUT2D eigenvalue weighted by atomic mass is 16.7. The van der Waals surface area contributed by atoms with E-state index in [-0.39, 0.29) is 35.4 Å². The van der Waals surface area contributed by atoms with Crippen molar-refractivity contribution in [2.75, 3.05) is 13.9 Å². The van der Waals surface area contributed by atoms with Crippen molar-refractivity contribution in [3.8, 4) is 17.2 Å². The molecule has 2 aliphatic rings. The molecule has 0 spiro atoms. The number of hydrogen-bond donors (Lipinski definition) is 0. The lowest BCUT2D eigenvalue weighted by Crippen LogP contribution is -2.05. The Balaban J connectivity index is 1.75. The lowest BCUT2D eigenvalue weighted by Gasteiger charge is -2.02. The van der Waals surface area contributed by atoms with Crippen molar-refractivity contribution in [3.63, 3.8) is 0 Å². The van der Waals surface area contributed by atoms with E-state index < -0.39 is 10.9 Å². The molecule has 9 nitrogen and oxygen atoms in total. The van der Waals surface area contributed by atoms with Gasteiger partial charge in [-0.15, -0.1) is 0 Å². The number of carbonyl (C=O) groups excluding carboxylic acids is 1. The van der Waals surface area contributed by atoms with Crippen LogP contribution < -0.4 is 14.2 Å². The van der Waals surface area contributed by atoms with Gasteiger partial charge < -0.3 is 18.9 Å². The largest absolute Gasteiger partial charge is 0.497 e. The van der Waals surface area contributed by atoms with Gasteiger partial charge in [-0.25, -0.2) is 9.79 Å². The van der Waals surface area contributed by atoms with E-state index in [1.165, 1.54) is 25.3 Å². The summed E-state index contributed by atoms with van der Waals surface area (Å²) in [7, 11) is 1.52. The van der Waals surface area contributed by atoms with Gasteiger partial charge in [0.25, 0.3) is 5.69 Å². The first-order valence-corrected chi connectivity index (χ1v) is 7.80. The molecule has 2 aromatic carbocycles. The van der Waals surface area contributed by atoms with Crippen molar-refractivity contribution in [1.82, 2.24) is 0 Å². The molecule has 2 heterocycles. The molecule has 0 saturated heterocycles. The molecule has 2 aromatic rings. The van der Waals surface area contributed by atoms with Crippen LogP contribution in [0.5, 0.6) is 17.2 Å². The Hall–Kier alpha value is -3.88. The van der Waals surface area contributed by atoms with Crippen LogP contribution in [0.4, 0.5) is 5.69 Å². The average Bonchev–Trinajstić information content (AvgIpc) is 3.27. The third kappa shape index (κ3) is 3.06. The molecular formula is C18H12N2O7. The van der Waals surface area contributed by atoms with Gasteiger partial charge in [-0.05, 0) is 30.3 Å². The second-order valence-corrected chi connectivity index (χ2v) is 5.59. The van der Waals surface area contributed by atoms with Gasteiger partial charge in [-0.3, -0.25) is 10.1 Å². The maximum Gasteiger partial charge on any atom is 0.363 e. The lowest BCUT2D eigenvalue weighted by molar-refractivity contribution is -0.385. The maximum atomic E-state index is 12.2. The number of cyclic esters (lactones) is 1. The highest BCUT2D eigenvalue weighted by molar-refractivity contribution is 6.13. The van der Waals surface area contributed by atoms with Crippen LogP contribution in [0, 0.1) is 10.1 Å². The number of hydrogen-bond acceptors (Lipinski definition) is 8. The number of nitrogens with zero attached hydrogens (tertiary/aromatic N) is 2. The van der Waals surface area contributed by atoms with E-state index in [1.54, 1.807) is 24.3 Å². The lowest BCUT2D eigenvalue weighted by atomic mass is 10.1. The fourth-order valence-electron chi connectivity index (χ4n) is 2.66. The summed E-state index contributed by atoms with van der Waals surface area (Å²) in [5.41, 5.74) is 0.414. The Labute approximate surface area is 152 Å². The second kappa shape index (κ2) is 6.45. The van der Waals surface area contributed by atoms with Crippen molar-refractivity contribution < 1.29 is 28.7 Å². The molecule has 0 aromatic heterocycles. The minimum Gasteiger partial charge on any atom is -0.497 e. The number of carbonyl (C=O) groups is 1. The molecule has 0 unspecified atom stereocenters. The molecule has 0 atom stereocenters. The zero-order valence-corrected chi connectivity index (χ0v) is 14.0. The Bertz CT molecular complexity index is 1030. The monoisotopic (exact) mass is 368 g/mol. The summed E-state index contributed by atoms with van der Waals surface area (Å²) >= 11 is 0. The van der Waals surface area contributed by atoms with Gasteiger partial charge in [0.05, 0.1) is 23.7 Å². The normalized spacial score (nSPS) is 16.3. The second-order valence-electron chi connectivity index (χ2n) is 5.59. The van der Waals surface area contributed by atoms with E-state index in [0.29, 0.717) is 17.1 Å². The first-order valence-electron chi connectivity index (χ1n) is 7.80. The molecule has 0 aliphatic carbocycles. The first-order chi connectivity index (χ1) is 13.0. The number of esters is 1. The van der Waals surface area contributed by atoms with Gasteiger partial charge in [0.2, 0.25) is 12.7 Å². The quantitative estimate of drug-likeness (QED) is 0.353. The third-order valence-corrected chi connectivity index (χ3v) is 3.95. The summed E-state index contributed by atoms with van der Waals surface area (Å²) < 4.78 is 20.7. The number of ether oxygens (including phenoxy) is 4. The van der Waals surface area contributed by atoms with Gasteiger partial charge in [0, 0.05) is 5.56 Å². The maximum absolute atomic E-state index is 12.2. The summed E-state index contributed by atoms with van der Waals surface area (Å²) in [5, 5.41) is 11.3. The summed E-state index contributed by atoms with van der Waals surface area (Å²) in [6.07, 6.45) is 1.29. The van der Waals surface area contributed by atoms with Crippen LogP contribution in [-0.2, 0) is 9.53 Å². The summed E-state index contributed by atoms with van der Waals surface area (Å²) in [5.74, 6) is 0.595. The Kier molecular flexibility index (Phi) is 3.96. The standard InChI is InChI=1S/C18H12N2O7/c1-24-12-4-2-3-10(5-12)17-19-13(18(21)27-17)6-11-7-15-16(26-9-25-15)8-14(11)20(22)23/h2-8H,9H2,1H3/b13-6+. The molecule has 9 heteroatoms. The molecule has 0 saturated carbocycles. The number of aliphatic imine (C=N–C) groups is 1. The smallest absolute Gasteiger partial charge is 0.363 e. The molecule has 0 radical (unpaired) electrons. The minimum atomic E-state index is -0.709. The zero-order chi connectivity index (χ0) is 19.0. The van der Waals surface area contributed by atoms with Gasteiger partial charge in [0.15, 0.2) is 17.2 Å². The molecule has 0 amide bonds. The van der Waals surface area contributed by atoms with Crippen LogP contribution in [0.2, 0.25) is 0 Å². The third-order valence-electron chi connectivity index (χ3n) is 3.95. The fourth-order valence-corrected chi connectivity index (χ4v) is 2.66. The molecular weight excluding hydrogens is 356 g/mol. The predicted octanol–water partition coefficient (Wildman–Crippen LogP) is 2.68. The minimum absolute atomic E-state index is 0.0211. The molecule has 0 fully saturated rings. The Morgan fingerprint density at radius 3 is 2.74 bits per heavy atom. The highest BCUT2D eigenvalue weighted by Gasteiger charge is 2.27. The van der Waals surface area contributed by atoms with Crippen molar-refractivity contribution >= 4 is 23.6 Å². The number of methoxy groups -OCH3 is 1. The van der Waals surface area contributed by atoms with E-state index in [9.17, 15) is 14.9 Å². The number of rotatable bonds is 4. The number of nitro groups is 1. The Morgan fingerprint density at radius 2 is 2.00 bits per heavy atom. The van der Waals surface area contributed by atoms with Gasteiger partial charge in [-0.1, -0.05) is 6.07 Å². The zero-order valence-electron chi connectivity index (χ0n) is 14.0. The van der Waals surface area contributed by atoms with Crippen LogP contribution in [0.1, 0.15) is 11.1 Å². The van der Waals surface area contributed by atoms with E-state index in [0.717, 1.165) is 0 Å². The van der Waals surface area contributed by atoms with E-state index in [4.69, 9.17) is 18.9 Å². The van der Waals surface area contributed by atoms with Crippen LogP contribution >= 0.6 is 0 Å². The van der Waals surface area contributed by atoms with Crippen LogP contribution in [-0.4, -0.2) is 30.7 Å².